The SMILES string of the molecule is OBO.OC(O)c1ccc2cc1-2. The molecule has 2 aliphatic rings. The molecule has 0 radical (unpaired) electrons. The van der Waals surface area contributed by atoms with E-state index in [1.165, 1.54) is 0 Å². The zero-order chi connectivity index (χ0) is 9.14. The van der Waals surface area contributed by atoms with Gasteiger partial charge in [-0.05, 0) is 17.2 Å². The molecule has 0 bridgehead atoms. The van der Waals surface area contributed by atoms with Gasteiger partial charge in [0.15, 0.2) is 6.29 Å². The van der Waals surface area contributed by atoms with Gasteiger partial charge >= 0.3 is 7.69 Å². The Balaban J connectivity index is 0.000000213. The van der Waals surface area contributed by atoms with Gasteiger partial charge in [0, 0.05) is 5.56 Å². The molecule has 5 heteroatoms. The van der Waals surface area contributed by atoms with Crippen LogP contribution in [-0.4, -0.2) is 27.9 Å². The summed E-state index contributed by atoms with van der Waals surface area (Å²) in [6, 6.07) is 5.54. The van der Waals surface area contributed by atoms with Crippen LogP contribution < -0.4 is 0 Å². The number of fused-ring (bicyclic) bond motifs is 1. The maximum Gasteiger partial charge on any atom is 0.432 e. The van der Waals surface area contributed by atoms with Crippen LogP contribution in [0.5, 0.6) is 0 Å². The van der Waals surface area contributed by atoms with Crippen molar-refractivity contribution in [2.24, 2.45) is 0 Å². The lowest BCUT2D eigenvalue weighted by Gasteiger charge is -1.96. The van der Waals surface area contributed by atoms with E-state index in [9.17, 15) is 0 Å². The first-order chi connectivity index (χ1) is 5.70. The normalized spacial score (nSPS) is 10.4. The molecule has 0 aliphatic heterocycles. The Morgan fingerprint density at radius 1 is 1.17 bits per heavy atom. The van der Waals surface area contributed by atoms with E-state index in [0.717, 1.165) is 11.1 Å². The van der Waals surface area contributed by atoms with E-state index in [-0.39, 0.29) is 0 Å². The van der Waals surface area contributed by atoms with Crippen LogP contribution in [0, 0.1) is 0 Å². The predicted molar refractivity (Wildman–Crippen MR) is 44.2 cm³/mol. The second-order valence-electron chi connectivity index (χ2n) is 2.32. The smallest absolute Gasteiger partial charge is 0.430 e. The average molecular weight is 168 g/mol. The Bertz CT molecular complexity index is 274. The second-order valence-corrected chi connectivity index (χ2v) is 2.32. The molecule has 0 amide bonds. The first-order valence-electron chi connectivity index (χ1n) is 3.43. The van der Waals surface area contributed by atoms with Crippen molar-refractivity contribution in [3.63, 3.8) is 0 Å². The highest BCUT2D eigenvalue weighted by Gasteiger charge is 2.20. The highest BCUT2D eigenvalue weighted by molar-refractivity contribution is 6.13. The Hall–Kier alpha value is -0.875. The van der Waals surface area contributed by atoms with Crippen LogP contribution >= 0.6 is 0 Å². The van der Waals surface area contributed by atoms with Crippen LogP contribution in [0.2, 0.25) is 0 Å². The van der Waals surface area contributed by atoms with Gasteiger partial charge in [0.2, 0.25) is 0 Å². The number of rotatable bonds is 1. The summed E-state index contributed by atoms with van der Waals surface area (Å²) in [5, 5.41) is 31.6. The van der Waals surface area contributed by atoms with Crippen molar-refractivity contribution in [2.45, 2.75) is 6.29 Å². The van der Waals surface area contributed by atoms with Gasteiger partial charge in [-0.2, -0.15) is 0 Å². The molecule has 4 N–H and O–H groups in total. The van der Waals surface area contributed by atoms with Crippen molar-refractivity contribution in [3.05, 3.63) is 23.8 Å². The Labute approximate surface area is 70.0 Å². The molecule has 0 aromatic carbocycles. The first kappa shape index (κ1) is 9.21. The third kappa shape index (κ3) is 1.83. The molecule has 0 aromatic rings. The van der Waals surface area contributed by atoms with Crippen LogP contribution in [-0.2, 0) is 0 Å². The van der Waals surface area contributed by atoms with E-state index in [1.807, 2.05) is 12.1 Å². The van der Waals surface area contributed by atoms with Gasteiger partial charge in [0.1, 0.15) is 0 Å². The fraction of sp³-hybridized carbons (Fsp3) is 0.143. The molecule has 2 rings (SSSR count). The third-order valence-corrected chi connectivity index (χ3v) is 1.56. The van der Waals surface area contributed by atoms with Crippen molar-refractivity contribution in [2.75, 3.05) is 0 Å². The number of aliphatic hydroxyl groups excluding tert-OH is 1. The molecule has 0 saturated carbocycles. The fourth-order valence-corrected chi connectivity index (χ4v) is 1.00. The first-order valence-corrected chi connectivity index (χ1v) is 3.43. The molecule has 0 saturated heterocycles. The van der Waals surface area contributed by atoms with E-state index in [4.69, 9.17) is 20.3 Å². The summed E-state index contributed by atoms with van der Waals surface area (Å²) in [4.78, 5) is 0. The minimum atomic E-state index is -1.30. The van der Waals surface area contributed by atoms with Gasteiger partial charge in [0.25, 0.3) is 0 Å². The lowest BCUT2D eigenvalue weighted by atomic mass is 10.3. The summed E-state index contributed by atoms with van der Waals surface area (Å²) in [6.45, 7) is 0. The van der Waals surface area contributed by atoms with Crippen molar-refractivity contribution < 1.29 is 20.3 Å². The van der Waals surface area contributed by atoms with Gasteiger partial charge in [-0.3, -0.25) is 0 Å². The summed E-state index contributed by atoms with van der Waals surface area (Å²) in [6.07, 6.45) is -1.30. The largest absolute Gasteiger partial charge is 0.432 e. The standard InChI is InChI=1S/C7H6O2.BH3O2/c8-7(9)5-2-1-4-3-6(4)5;2-1-3/h1-3,7-9H;1-3H. The van der Waals surface area contributed by atoms with Gasteiger partial charge in [-0.25, -0.2) is 0 Å². The van der Waals surface area contributed by atoms with E-state index >= 15 is 0 Å². The second kappa shape index (κ2) is 3.69. The molecular weight excluding hydrogens is 159 g/mol. The minimum Gasteiger partial charge on any atom is -0.430 e. The molecule has 0 unspecified atom stereocenters. The predicted octanol–water partition coefficient (Wildman–Crippen LogP) is -1.11. The number of aliphatic hydroxyl groups is 2. The van der Waals surface area contributed by atoms with Crippen molar-refractivity contribution in [1.82, 2.24) is 0 Å². The van der Waals surface area contributed by atoms with Gasteiger partial charge < -0.3 is 20.3 Å². The van der Waals surface area contributed by atoms with E-state index in [0.29, 0.717) is 5.56 Å². The molecule has 2 aliphatic carbocycles. The van der Waals surface area contributed by atoms with Crippen LogP contribution in [0.3, 0.4) is 0 Å². The van der Waals surface area contributed by atoms with Crippen LogP contribution in [0.4, 0.5) is 0 Å². The van der Waals surface area contributed by atoms with E-state index < -0.39 is 14.0 Å². The monoisotopic (exact) mass is 168 g/mol. The lowest BCUT2D eigenvalue weighted by Crippen LogP contribution is -1.90. The number of hydrogen-bond donors (Lipinski definition) is 4. The molecule has 0 spiro atoms. The molecule has 0 heterocycles. The molecule has 0 fully saturated rings. The summed E-state index contributed by atoms with van der Waals surface area (Å²) in [5.74, 6) is 0. The average Bonchev–Trinajstić information content (AvgIpc) is 2.63. The Morgan fingerprint density at radius 2 is 1.75 bits per heavy atom. The summed E-state index contributed by atoms with van der Waals surface area (Å²) >= 11 is 0. The Morgan fingerprint density at radius 3 is 1.92 bits per heavy atom. The van der Waals surface area contributed by atoms with Crippen LogP contribution in [0.1, 0.15) is 11.9 Å². The van der Waals surface area contributed by atoms with Crippen molar-refractivity contribution >= 4 is 7.69 Å². The van der Waals surface area contributed by atoms with Gasteiger partial charge in [-0.15, -0.1) is 0 Å². The minimum absolute atomic E-state index is 0.630. The highest BCUT2D eigenvalue weighted by Crippen LogP contribution is 2.40. The van der Waals surface area contributed by atoms with E-state index in [2.05, 4.69) is 0 Å². The number of hydrogen-bond acceptors (Lipinski definition) is 4. The van der Waals surface area contributed by atoms with Gasteiger partial charge in [0.05, 0.1) is 0 Å². The Kier molecular flexibility index (Phi) is 2.83. The molecule has 0 aromatic heterocycles. The van der Waals surface area contributed by atoms with Crippen LogP contribution in [0.15, 0.2) is 18.2 Å². The molecular formula is C7H9BO4. The van der Waals surface area contributed by atoms with Crippen LogP contribution in [0.25, 0.3) is 11.1 Å². The summed E-state index contributed by atoms with van der Waals surface area (Å²) in [5.41, 5.74) is 2.77. The maximum atomic E-state index is 8.66. The molecule has 0 atom stereocenters. The quantitative estimate of drug-likeness (QED) is 0.321. The number of benzene rings is 1. The topological polar surface area (TPSA) is 80.9 Å². The van der Waals surface area contributed by atoms with E-state index in [1.54, 1.807) is 6.07 Å². The summed E-state index contributed by atoms with van der Waals surface area (Å²) < 4.78 is 0. The maximum absolute atomic E-state index is 8.66. The molecule has 4 nitrogen and oxygen atoms in total. The van der Waals surface area contributed by atoms with Crippen molar-refractivity contribution in [3.8, 4) is 11.1 Å². The summed E-state index contributed by atoms with van der Waals surface area (Å²) in [7, 11) is -0.750. The zero-order valence-corrected chi connectivity index (χ0v) is 6.31. The van der Waals surface area contributed by atoms with Crippen molar-refractivity contribution in [1.29, 1.82) is 0 Å². The highest BCUT2D eigenvalue weighted by atomic mass is 16.5. The van der Waals surface area contributed by atoms with Gasteiger partial charge in [-0.1, -0.05) is 12.1 Å². The lowest BCUT2D eigenvalue weighted by molar-refractivity contribution is -0.0416. The zero-order valence-electron chi connectivity index (χ0n) is 6.31. The fourth-order valence-electron chi connectivity index (χ4n) is 1.00. The third-order valence-electron chi connectivity index (χ3n) is 1.56. The molecule has 64 valence electrons. The molecule has 12 heavy (non-hydrogen) atoms.